The van der Waals surface area contributed by atoms with Crippen LogP contribution < -0.4 is 0 Å². The van der Waals surface area contributed by atoms with Gasteiger partial charge in [0, 0.05) is 38.3 Å². The number of carbonyl (C=O) groups excluding carboxylic acids is 1. The van der Waals surface area contributed by atoms with Crippen LogP contribution in [0.1, 0.15) is 34.3 Å². The number of likely N-dealkylation sites (tertiary alicyclic amines) is 1. The molecule has 0 unspecified atom stereocenters. The molecule has 0 N–H and O–H groups in total. The van der Waals surface area contributed by atoms with Gasteiger partial charge in [0.2, 0.25) is 0 Å². The smallest absolute Gasteiger partial charge is 0.254 e. The van der Waals surface area contributed by atoms with Crippen LogP contribution in [0.2, 0.25) is 0 Å². The molecule has 2 saturated heterocycles. The minimum Gasteiger partial charge on any atom is -0.379 e. The quantitative estimate of drug-likeness (QED) is 0.859. The first kappa shape index (κ1) is 16.5. The van der Waals surface area contributed by atoms with Crippen molar-refractivity contribution in [1.82, 2.24) is 9.80 Å². The SMILES string of the molecule is Cc1ccc(C(=O)N2CCC(CN3CCOCC3)CC2)c(C)c1. The van der Waals surface area contributed by atoms with Gasteiger partial charge in [-0.1, -0.05) is 17.7 Å². The van der Waals surface area contributed by atoms with Gasteiger partial charge in [-0.3, -0.25) is 9.69 Å². The first-order valence-electron chi connectivity index (χ1n) is 8.80. The Morgan fingerprint density at radius 3 is 2.48 bits per heavy atom. The Kier molecular flexibility index (Phi) is 5.34. The molecule has 1 aromatic rings. The second-order valence-corrected chi connectivity index (χ2v) is 6.97. The normalized spacial score (nSPS) is 20.7. The fraction of sp³-hybridized carbons (Fsp3) is 0.632. The predicted octanol–water partition coefficient (Wildman–Crippen LogP) is 2.49. The fourth-order valence-corrected chi connectivity index (χ4v) is 3.69. The Morgan fingerprint density at radius 1 is 1.13 bits per heavy atom. The highest BCUT2D eigenvalue weighted by molar-refractivity contribution is 5.95. The number of rotatable bonds is 3. The maximum absolute atomic E-state index is 12.7. The molecule has 0 atom stereocenters. The molecule has 1 amide bonds. The van der Waals surface area contributed by atoms with Gasteiger partial charge in [0.05, 0.1) is 13.2 Å². The summed E-state index contributed by atoms with van der Waals surface area (Å²) in [7, 11) is 0. The highest BCUT2D eigenvalue weighted by atomic mass is 16.5. The van der Waals surface area contributed by atoms with Crippen LogP contribution >= 0.6 is 0 Å². The molecule has 0 radical (unpaired) electrons. The number of morpholine rings is 1. The Balaban J connectivity index is 1.52. The molecule has 0 aromatic heterocycles. The summed E-state index contributed by atoms with van der Waals surface area (Å²) in [5.41, 5.74) is 3.16. The Hall–Kier alpha value is -1.39. The maximum atomic E-state index is 12.7. The zero-order valence-corrected chi connectivity index (χ0v) is 14.4. The lowest BCUT2D eigenvalue weighted by molar-refractivity contribution is 0.0243. The van der Waals surface area contributed by atoms with E-state index in [1.807, 2.05) is 24.0 Å². The number of benzene rings is 1. The number of nitrogens with zero attached hydrogens (tertiary/aromatic N) is 2. The monoisotopic (exact) mass is 316 g/mol. The lowest BCUT2D eigenvalue weighted by Gasteiger charge is -2.36. The standard InChI is InChI=1S/C19H28N2O2/c1-15-3-4-18(16(2)13-15)19(22)21-7-5-17(6-8-21)14-20-9-11-23-12-10-20/h3-4,13,17H,5-12,14H2,1-2H3. The van der Waals surface area contributed by atoms with Crippen molar-refractivity contribution in [2.75, 3.05) is 45.9 Å². The number of aryl methyl sites for hydroxylation is 2. The molecule has 2 fully saturated rings. The second kappa shape index (κ2) is 7.45. The molecule has 0 aliphatic carbocycles. The van der Waals surface area contributed by atoms with E-state index in [1.54, 1.807) is 0 Å². The zero-order chi connectivity index (χ0) is 16.2. The van der Waals surface area contributed by atoms with E-state index in [0.717, 1.165) is 75.8 Å². The van der Waals surface area contributed by atoms with E-state index in [9.17, 15) is 4.79 Å². The van der Waals surface area contributed by atoms with Gasteiger partial charge < -0.3 is 9.64 Å². The van der Waals surface area contributed by atoms with E-state index < -0.39 is 0 Å². The average molecular weight is 316 g/mol. The van der Waals surface area contributed by atoms with Gasteiger partial charge in [-0.2, -0.15) is 0 Å². The minimum absolute atomic E-state index is 0.201. The van der Waals surface area contributed by atoms with Crippen LogP contribution in [0, 0.1) is 19.8 Å². The second-order valence-electron chi connectivity index (χ2n) is 6.97. The van der Waals surface area contributed by atoms with Crippen LogP contribution in [0.15, 0.2) is 18.2 Å². The summed E-state index contributed by atoms with van der Waals surface area (Å²) in [6, 6.07) is 6.11. The molecule has 2 aliphatic heterocycles. The predicted molar refractivity (Wildman–Crippen MR) is 91.8 cm³/mol. The van der Waals surface area contributed by atoms with Crippen molar-refractivity contribution in [1.29, 1.82) is 0 Å². The van der Waals surface area contributed by atoms with E-state index in [-0.39, 0.29) is 5.91 Å². The topological polar surface area (TPSA) is 32.8 Å². The molecule has 3 rings (SSSR count). The van der Waals surface area contributed by atoms with Crippen molar-refractivity contribution in [3.05, 3.63) is 34.9 Å². The highest BCUT2D eigenvalue weighted by Gasteiger charge is 2.26. The van der Waals surface area contributed by atoms with E-state index in [2.05, 4.69) is 17.9 Å². The van der Waals surface area contributed by atoms with Crippen LogP contribution in [0.25, 0.3) is 0 Å². The summed E-state index contributed by atoms with van der Waals surface area (Å²) in [6.45, 7) is 10.9. The summed E-state index contributed by atoms with van der Waals surface area (Å²) < 4.78 is 5.41. The van der Waals surface area contributed by atoms with Crippen molar-refractivity contribution in [2.45, 2.75) is 26.7 Å². The number of ether oxygens (including phenoxy) is 1. The Morgan fingerprint density at radius 2 is 1.83 bits per heavy atom. The first-order valence-corrected chi connectivity index (χ1v) is 8.80. The molecule has 0 saturated carbocycles. The summed E-state index contributed by atoms with van der Waals surface area (Å²) in [5, 5.41) is 0. The molecular formula is C19H28N2O2. The van der Waals surface area contributed by atoms with E-state index >= 15 is 0 Å². The minimum atomic E-state index is 0.201. The molecule has 1 aromatic carbocycles. The van der Waals surface area contributed by atoms with Crippen LogP contribution in [0.5, 0.6) is 0 Å². The first-order chi connectivity index (χ1) is 11.1. The largest absolute Gasteiger partial charge is 0.379 e. The highest BCUT2D eigenvalue weighted by Crippen LogP contribution is 2.22. The van der Waals surface area contributed by atoms with Gasteiger partial charge in [-0.25, -0.2) is 0 Å². The van der Waals surface area contributed by atoms with E-state index in [4.69, 9.17) is 4.74 Å². The van der Waals surface area contributed by atoms with Gasteiger partial charge in [0.15, 0.2) is 0 Å². The van der Waals surface area contributed by atoms with Crippen molar-refractivity contribution >= 4 is 5.91 Å². The van der Waals surface area contributed by atoms with Crippen molar-refractivity contribution < 1.29 is 9.53 Å². The van der Waals surface area contributed by atoms with Crippen LogP contribution in [0.4, 0.5) is 0 Å². The fourth-order valence-electron chi connectivity index (χ4n) is 3.69. The van der Waals surface area contributed by atoms with Gasteiger partial charge in [-0.15, -0.1) is 0 Å². The lowest BCUT2D eigenvalue weighted by Crippen LogP contribution is -2.44. The van der Waals surface area contributed by atoms with Crippen molar-refractivity contribution in [2.24, 2.45) is 5.92 Å². The average Bonchev–Trinajstić information content (AvgIpc) is 2.56. The summed E-state index contributed by atoms with van der Waals surface area (Å²) in [4.78, 5) is 17.3. The Labute approximate surface area is 139 Å². The third-order valence-corrected chi connectivity index (χ3v) is 5.13. The van der Waals surface area contributed by atoms with E-state index in [0.29, 0.717) is 0 Å². The van der Waals surface area contributed by atoms with Crippen LogP contribution in [-0.4, -0.2) is 61.6 Å². The van der Waals surface area contributed by atoms with Crippen molar-refractivity contribution in [3.63, 3.8) is 0 Å². The Bertz CT molecular complexity index is 544. The number of hydrogen-bond donors (Lipinski definition) is 0. The third kappa shape index (κ3) is 4.12. The molecule has 23 heavy (non-hydrogen) atoms. The molecule has 2 heterocycles. The molecule has 0 spiro atoms. The van der Waals surface area contributed by atoms with Crippen LogP contribution in [0.3, 0.4) is 0 Å². The van der Waals surface area contributed by atoms with Gasteiger partial charge >= 0.3 is 0 Å². The van der Waals surface area contributed by atoms with Crippen molar-refractivity contribution in [3.8, 4) is 0 Å². The number of carbonyl (C=O) groups is 1. The van der Waals surface area contributed by atoms with E-state index in [1.165, 1.54) is 5.56 Å². The summed E-state index contributed by atoms with van der Waals surface area (Å²) >= 11 is 0. The molecular weight excluding hydrogens is 288 g/mol. The number of amides is 1. The molecule has 126 valence electrons. The van der Waals surface area contributed by atoms with Gasteiger partial charge in [0.1, 0.15) is 0 Å². The molecule has 0 bridgehead atoms. The number of hydrogen-bond acceptors (Lipinski definition) is 3. The molecule has 4 heteroatoms. The summed E-state index contributed by atoms with van der Waals surface area (Å²) in [6.07, 6.45) is 2.24. The van der Waals surface area contributed by atoms with Gasteiger partial charge in [0.25, 0.3) is 5.91 Å². The lowest BCUT2D eigenvalue weighted by atomic mass is 9.95. The third-order valence-electron chi connectivity index (χ3n) is 5.13. The maximum Gasteiger partial charge on any atom is 0.254 e. The van der Waals surface area contributed by atoms with Gasteiger partial charge in [-0.05, 0) is 44.2 Å². The summed E-state index contributed by atoms with van der Waals surface area (Å²) in [5.74, 6) is 0.920. The number of piperidine rings is 1. The van der Waals surface area contributed by atoms with Crippen LogP contribution in [-0.2, 0) is 4.74 Å². The zero-order valence-electron chi connectivity index (χ0n) is 14.4. The molecule has 4 nitrogen and oxygen atoms in total. The molecule has 2 aliphatic rings.